The van der Waals surface area contributed by atoms with Gasteiger partial charge in [-0.1, -0.05) is 12.1 Å². The average molecular weight is 185 g/mol. The van der Waals surface area contributed by atoms with Gasteiger partial charge in [0.1, 0.15) is 10.7 Å². The van der Waals surface area contributed by atoms with Gasteiger partial charge in [-0.15, -0.1) is 0 Å². The minimum atomic E-state index is -2.26. The van der Waals surface area contributed by atoms with Crippen molar-refractivity contribution in [3.05, 3.63) is 29.8 Å². The molecule has 0 aliphatic rings. The number of rotatable bonds is 3. The number of thiol groups is 1. The molecule has 0 fully saturated rings. The van der Waals surface area contributed by atoms with E-state index in [4.69, 9.17) is 5.73 Å². The molecule has 1 aromatic carbocycles. The lowest BCUT2D eigenvalue weighted by Crippen LogP contribution is -1.94. The van der Waals surface area contributed by atoms with Gasteiger partial charge in [0.05, 0.1) is 5.75 Å². The first-order chi connectivity index (χ1) is 5.68. The fourth-order valence-electron chi connectivity index (χ4n) is 0.905. The zero-order valence-corrected chi connectivity index (χ0v) is 7.46. The lowest BCUT2D eigenvalue weighted by atomic mass is 10.2. The van der Waals surface area contributed by atoms with E-state index in [1.807, 2.05) is 12.1 Å². The molecule has 12 heavy (non-hydrogen) atoms. The van der Waals surface area contributed by atoms with Gasteiger partial charge in [-0.2, -0.15) is 0 Å². The van der Waals surface area contributed by atoms with Crippen LogP contribution in [0, 0.1) is 0 Å². The van der Waals surface area contributed by atoms with E-state index in [-0.39, 0.29) is 5.75 Å². The molecular formula is C8H11NO2S. The standard InChI is InChI=1S/C8H11NO2S/c9-8-3-1-7(2-4-8)5-6-12(10)11/h1-4,12H,5-6,9H2. The Hall–Kier alpha value is -1.03. The van der Waals surface area contributed by atoms with Crippen molar-refractivity contribution in [3.63, 3.8) is 0 Å². The van der Waals surface area contributed by atoms with Crippen LogP contribution in [0.3, 0.4) is 0 Å². The van der Waals surface area contributed by atoms with Crippen LogP contribution in [0.25, 0.3) is 0 Å². The Labute approximate surface area is 73.2 Å². The lowest BCUT2D eigenvalue weighted by Gasteiger charge is -1.97. The molecule has 0 aliphatic carbocycles. The zero-order valence-electron chi connectivity index (χ0n) is 6.56. The van der Waals surface area contributed by atoms with Crippen molar-refractivity contribution in [2.45, 2.75) is 6.42 Å². The van der Waals surface area contributed by atoms with E-state index >= 15 is 0 Å². The van der Waals surface area contributed by atoms with Gasteiger partial charge in [0.25, 0.3) is 0 Å². The van der Waals surface area contributed by atoms with Crippen LogP contribution in [0.15, 0.2) is 24.3 Å². The van der Waals surface area contributed by atoms with Gasteiger partial charge >= 0.3 is 0 Å². The summed E-state index contributed by atoms with van der Waals surface area (Å²) in [6.07, 6.45) is 0.568. The maximum absolute atomic E-state index is 10.3. The molecule has 0 amide bonds. The summed E-state index contributed by atoms with van der Waals surface area (Å²) < 4.78 is 20.5. The highest BCUT2D eigenvalue weighted by Gasteiger charge is 1.93. The Morgan fingerprint density at radius 2 is 1.75 bits per heavy atom. The molecule has 0 saturated carbocycles. The Bertz CT molecular complexity index is 308. The molecule has 2 N–H and O–H groups in total. The Morgan fingerprint density at radius 3 is 2.25 bits per heavy atom. The third-order valence-electron chi connectivity index (χ3n) is 1.56. The predicted molar refractivity (Wildman–Crippen MR) is 49.7 cm³/mol. The lowest BCUT2D eigenvalue weighted by molar-refractivity contribution is 0.614. The second kappa shape index (κ2) is 4.11. The van der Waals surface area contributed by atoms with Crippen molar-refractivity contribution in [1.29, 1.82) is 0 Å². The smallest absolute Gasteiger partial charge is 0.140 e. The number of benzene rings is 1. The summed E-state index contributed by atoms with van der Waals surface area (Å²) in [7, 11) is -2.26. The Kier molecular flexibility index (Phi) is 3.10. The topological polar surface area (TPSA) is 60.2 Å². The van der Waals surface area contributed by atoms with Crippen LogP contribution in [0.2, 0.25) is 0 Å². The van der Waals surface area contributed by atoms with Crippen molar-refractivity contribution in [3.8, 4) is 0 Å². The van der Waals surface area contributed by atoms with Crippen LogP contribution in [-0.4, -0.2) is 14.2 Å². The molecule has 0 bridgehead atoms. The highest BCUT2D eigenvalue weighted by atomic mass is 32.2. The molecule has 0 radical (unpaired) electrons. The summed E-state index contributed by atoms with van der Waals surface area (Å²) in [6.45, 7) is 0. The van der Waals surface area contributed by atoms with Crippen molar-refractivity contribution in [1.82, 2.24) is 0 Å². The fraction of sp³-hybridized carbons (Fsp3) is 0.250. The summed E-state index contributed by atoms with van der Waals surface area (Å²) in [4.78, 5) is 0. The first-order valence-electron chi connectivity index (χ1n) is 3.64. The highest BCUT2D eigenvalue weighted by molar-refractivity contribution is 7.72. The third kappa shape index (κ3) is 2.92. The van der Waals surface area contributed by atoms with Gasteiger partial charge in [-0.25, -0.2) is 8.42 Å². The van der Waals surface area contributed by atoms with E-state index in [1.54, 1.807) is 12.1 Å². The molecule has 0 heterocycles. The normalized spacial score (nSPS) is 10.4. The van der Waals surface area contributed by atoms with Crippen molar-refractivity contribution in [2.75, 3.05) is 11.5 Å². The largest absolute Gasteiger partial charge is 0.399 e. The molecule has 0 saturated heterocycles. The van der Waals surface area contributed by atoms with E-state index in [2.05, 4.69) is 0 Å². The number of nitrogens with two attached hydrogens (primary N) is 1. The maximum atomic E-state index is 10.3. The van der Waals surface area contributed by atoms with Crippen LogP contribution in [0.1, 0.15) is 5.56 Å². The molecule has 0 spiro atoms. The molecule has 1 aromatic rings. The SMILES string of the molecule is Nc1ccc(CC[SH](=O)=O)cc1. The zero-order chi connectivity index (χ0) is 8.97. The summed E-state index contributed by atoms with van der Waals surface area (Å²) in [5.74, 6) is 0.208. The Morgan fingerprint density at radius 1 is 1.17 bits per heavy atom. The van der Waals surface area contributed by atoms with Gasteiger partial charge in [0, 0.05) is 5.69 Å². The third-order valence-corrected chi connectivity index (χ3v) is 2.15. The average Bonchev–Trinajstić information content (AvgIpc) is 2.03. The monoisotopic (exact) mass is 185 g/mol. The van der Waals surface area contributed by atoms with E-state index in [0.29, 0.717) is 12.1 Å². The van der Waals surface area contributed by atoms with Gasteiger partial charge in [-0.05, 0) is 24.1 Å². The van der Waals surface area contributed by atoms with E-state index in [9.17, 15) is 8.42 Å². The van der Waals surface area contributed by atoms with Crippen LogP contribution in [0.4, 0.5) is 5.69 Å². The first kappa shape index (κ1) is 9.06. The minimum Gasteiger partial charge on any atom is -0.399 e. The molecule has 4 heteroatoms. The van der Waals surface area contributed by atoms with Crippen molar-refractivity contribution < 1.29 is 8.42 Å². The van der Waals surface area contributed by atoms with Crippen LogP contribution >= 0.6 is 0 Å². The van der Waals surface area contributed by atoms with Gasteiger partial charge in [0.2, 0.25) is 0 Å². The van der Waals surface area contributed by atoms with Gasteiger partial charge in [0.15, 0.2) is 0 Å². The summed E-state index contributed by atoms with van der Waals surface area (Å²) in [5, 5.41) is 0. The Balaban J connectivity index is 2.59. The second-order valence-electron chi connectivity index (χ2n) is 2.55. The maximum Gasteiger partial charge on any atom is 0.140 e. The van der Waals surface area contributed by atoms with Crippen LogP contribution < -0.4 is 5.73 Å². The molecule has 0 aliphatic heterocycles. The number of hydrogen-bond donors (Lipinski definition) is 2. The number of anilines is 1. The molecule has 66 valence electrons. The van der Waals surface area contributed by atoms with Crippen molar-refractivity contribution in [2.24, 2.45) is 0 Å². The number of hydrogen-bond acceptors (Lipinski definition) is 3. The predicted octanol–water partition coefficient (Wildman–Crippen LogP) is 0.423. The van der Waals surface area contributed by atoms with E-state index < -0.39 is 10.7 Å². The molecule has 0 aromatic heterocycles. The number of nitrogen functional groups attached to an aromatic ring is 1. The highest BCUT2D eigenvalue weighted by Crippen LogP contribution is 2.05. The first-order valence-corrected chi connectivity index (χ1v) is 5.01. The van der Waals surface area contributed by atoms with Crippen LogP contribution in [0.5, 0.6) is 0 Å². The quantitative estimate of drug-likeness (QED) is 0.530. The van der Waals surface area contributed by atoms with E-state index in [0.717, 1.165) is 5.56 Å². The molecule has 0 unspecified atom stereocenters. The molecule has 3 nitrogen and oxygen atoms in total. The van der Waals surface area contributed by atoms with E-state index in [1.165, 1.54) is 0 Å². The summed E-state index contributed by atoms with van der Waals surface area (Å²) in [5.41, 5.74) is 7.17. The van der Waals surface area contributed by atoms with Crippen molar-refractivity contribution >= 4 is 16.4 Å². The van der Waals surface area contributed by atoms with Crippen LogP contribution in [-0.2, 0) is 17.1 Å². The summed E-state index contributed by atoms with van der Waals surface area (Å²) >= 11 is 0. The molecule has 1 rings (SSSR count). The minimum absolute atomic E-state index is 0.208. The summed E-state index contributed by atoms with van der Waals surface area (Å²) in [6, 6.07) is 7.22. The van der Waals surface area contributed by atoms with Gasteiger partial charge < -0.3 is 5.73 Å². The second-order valence-corrected chi connectivity index (χ2v) is 3.66. The number of aryl methyl sites for hydroxylation is 1. The van der Waals surface area contributed by atoms with Gasteiger partial charge in [-0.3, -0.25) is 0 Å². The molecule has 0 atom stereocenters. The molecular weight excluding hydrogens is 174 g/mol. The fourth-order valence-corrected chi connectivity index (χ4v) is 1.35.